The fraction of sp³-hybridized carbons (Fsp3) is 0.0870. The second-order valence-electron chi connectivity index (χ2n) is 7.49. The average molecular weight is 458 g/mol. The zero-order valence-corrected chi connectivity index (χ0v) is 18.2. The highest BCUT2D eigenvalue weighted by Gasteiger charge is 2.37. The van der Waals surface area contributed by atoms with Crippen molar-refractivity contribution >= 4 is 45.8 Å². The van der Waals surface area contributed by atoms with Crippen molar-refractivity contribution in [3.63, 3.8) is 0 Å². The number of hydrogen-bond acceptors (Lipinski definition) is 8. The van der Waals surface area contributed by atoms with E-state index in [1.54, 1.807) is 42.5 Å². The molecule has 0 saturated carbocycles. The molecule has 0 aromatic heterocycles. The topological polar surface area (TPSA) is 135 Å². The van der Waals surface area contributed by atoms with Crippen molar-refractivity contribution in [1.82, 2.24) is 0 Å². The first-order valence-corrected chi connectivity index (χ1v) is 10.0. The largest absolute Gasteiger partial charge is 0.378 e. The molecule has 1 aliphatic rings. The highest BCUT2D eigenvalue weighted by atomic mass is 16.6. The van der Waals surface area contributed by atoms with Crippen LogP contribution < -0.4 is 9.91 Å². The second kappa shape index (κ2) is 8.90. The van der Waals surface area contributed by atoms with Crippen LogP contribution in [0.3, 0.4) is 0 Å². The third-order valence-corrected chi connectivity index (χ3v) is 5.07. The molecule has 0 atom stereocenters. The van der Waals surface area contributed by atoms with E-state index in [-0.39, 0.29) is 17.1 Å². The molecule has 11 heteroatoms. The van der Waals surface area contributed by atoms with E-state index in [2.05, 4.69) is 10.1 Å². The van der Waals surface area contributed by atoms with Gasteiger partial charge in [-0.1, -0.05) is 30.3 Å². The Morgan fingerprint density at radius 3 is 2.18 bits per heavy atom. The molecule has 1 heterocycles. The van der Waals surface area contributed by atoms with E-state index in [1.165, 1.54) is 0 Å². The molecule has 11 nitrogen and oxygen atoms in total. The van der Waals surface area contributed by atoms with Crippen molar-refractivity contribution in [3.05, 3.63) is 98.6 Å². The number of carbonyl (C=O) groups is 1. The molecular formula is C23H18N6O5. The van der Waals surface area contributed by atoms with E-state index in [1.807, 2.05) is 31.1 Å². The highest BCUT2D eigenvalue weighted by molar-refractivity contribution is 6.74. The summed E-state index contributed by atoms with van der Waals surface area (Å²) in [6.07, 6.45) is 0. The van der Waals surface area contributed by atoms with Crippen molar-refractivity contribution in [3.8, 4) is 0 Å². The van der Waals surface area contributed by atoms with Crippen molar-refractivity contribution < 1.29 is 14.6 Å². The number of non-ortho nitro benzene ring substituents is 1. The van der Waals surface area contributed by atoms with Gasteiger partial charge >= 0.3 is 5.69 Å². The number of carbonyl (C=O) groups excluding carboxylic acids is 1. The van der Waals surface area contributed by atoms with Crippen LogP contribution in [0.25, 0.3) is 0 Å². The summed E-state index contributed by atoms with van der Waals surface area (Å²) in [6.45, 7) is 0. The first-order chi connectivity index (χ1) is 16.3. The Balaban J connectivity index is 1.84. The van der Waals surface area contributed by atoms with Gasteiger partial charge in [-0.15, -0.1) is 0 Å². The quantitative estimate of drug-likeness (QED) is 0.403. The predicted molar refractivity (Wildman–Crippen MR) is 128 cm³/mol. The van der Waals surface area contributed by atoms with Crippen LogP contribution in [0, 0.1) is 20.2 Å². The lowest BCUT2D eigenvalue weighted by molar-refractivity contribution is -0.393. The number of rotatable bonds is 6. The molecule has 0 N–H and O–H groups in total. The molecule has 1 amide bonds. The van der Waals surface area contributed by atoms with E-state index in [0.29, 0.717) is 11.3 Å². The van der Waals surface area contributed by atoms with Gasteiger partial charge in [0.2, 0.25) is 0 Å². The van der Waals surface area contributed by atoms with E-state index in [9.17, 15) is 25.0 Å². The van der Waals surface area contributed by atoms with Gasteiger partial charge in [-0.05, 0) is 30.3 Å². The van der Waals surface area contributed by atoms with Gasteiger partial charge in [0, 0.05) is 31.4 Å². The minimum Gasteiger partial charge on any atom is -0.378 e. The third kappa shape index (κ3) is 4.21. The summed E-state index contributed by atoms with van der Waals surface area (Å²) < 4.78 is 0. The summed E-state index contributed by atoms with van der Waals surface area (Å²) in [7, 11) is 3.80. The molecule has 0 bridgehead atoms. The molecule has 3 aromatic rings. The Hall–Kier alpha value is -4.93. The van der Waals surface area contributed by atoms with Crippen LogP contribution in [0.5, 0.6) is 0 Å². The smallest absolute Gasteiger partial charge is 0.301 e. The van der Waals surface area contributed by atoms with Gasteiger partial charge in [-0.2, -0.15) is 10.1 Å². The second-order valence-corrected chi connectivity index (χ2v) is 7.49. The van der Waals surface area contributed by atoms with Gasteiger partial charge in [-0.3, -0.25) is 25.0 Å². The summed E-state index contributed by atoms with van der Waals surface area (Å²) >= 11 is 0. The van der Waals surface area contributed by atoms with E-state index < -0.39 is 27.1 Å². The Kier molecular flexibility index (Phi) is 5.83. The first-order valence-electron chi connectivity index (χ1n) is 10.0. The fourth-order valence-electron chi connectivity index (χ4n) is 3.35. The van der Waals surface area contributed by atoms with Crippen molar-refractivity contribution in [2.45, 2.75) is 0 Å². The first kappa shape index (κ1) is 22.3. The molecule has 0 unspecified atom stereocenters. The number of aliphatic imine (C=N–C) groups is 1. The number of hydrazone groups is 1. The predicted octanol–water partition coefficient (Wildman–Crippen LogP) is 4.09. The average Bonchev–Trinajstić information content (AvgIpc) is 3.15. The van der Waals surface area contributed by atoms with Gasteiger partial charge in [-0.25, -0.2) is 4.99 Å². The number of hydrogen-bond donors (Lipinski definition) is 0. The van der Waals surface area contributed by atoms with Crippen LogP contribution in [-0.4, -0.2) is 41.3 Å². The highest BCUT2D eigenvalue weighted by Crippen LogP contribution is 2.35. The lowest BCUT2D eigenvalue weighted by atomic mass is 10.1. The van der Waals surface area contributed by atoms with Gasteiger partial charge < -0.3 is 4.90 Å². The van der Waals surface area contributed by atoms with Crippen molar-refractivity contribution in [2.75, 3.05) is 24.0 Å². The van der Waals surface area contributed by atoms with Gasteiger partial charge in [0.05, 0.1) is 21.6 Å². The molecule has 3 aromatic carbocycles. The van der Waals surface area contributed by atoms with Crippen molar-refractivity contribution in [2.24, 2.45) is 10.1 Å². The summed E-state index contributed by atoms with van der Waals surface area (Å²) in [4.78, 5) is 41.0. The summed E-state index contributed by atoms with van der Waals surface area (Å²) in [6, 6.07) is 19.0. The number of nitro benzene ring substituents is 2. The fourth-order valence-corrected chi connectivity index (χ4v) is 3.35. The third-order valence-electron chi connectivity index (χ3n) is 5.07. The summed E-state index contributed by atoms with van der Waals surface area (Å²) in [5, 5.41) is 27.9. The molecule has 4 rings (SSSR count). The monoisotopic (exact) mass is 458 g/mol. The van der Waals surface area contributed by atoms with Crippen molar-refractivity contribution in [1.29, 1.82) is 0 Å². The molecular weight excluding hydrogens is 440 g/mol. The SMILES string of the molecule is CN(C)c1ccc(N=C2C(=O)N(c3ccc([N+](=O)[O-])cc3[N+](=O)[O-])N=C2c2ccccc2)cc1. The van der Waals surface area contributed by atoms with Crippen LogP contribution in [0.4, 0.5) is 28.4 Å². The maximum absolute atomic E-state index is 13.4. The zero-order valence-electron chi connectivity index (χ0n) is 18.2. The number of anilines is 2. The Morgan fingerprint density at radius 1 is 0.912 bits per heavy atom. The maximum atomic E-state index is 13.4. The lowest BCUT2D eigenvalue weighted by Gasteiger charge is -2.12. The van der Waals surface area contributed by atoms with Gasteiger partial charge in [0.15, 0.2) is 5.71 Å². The number of amides is 1. The van der Waals surface area contributed by atoms with E-state index in [4.69, 9.17) is 0 Å². The van der Waals surface area contributed by atoms with Gasteiger partial charge in [0.25, 0.3) is 11.6 Å². The van der Waals surface area contributed by atoms with Gasteiger partial charge in [0.1, 0.15) is 11.4 Å². The number of nitrogens with zero attached hydrogens (tertiary/aromatic N) is 6. The van der Waals surface area contributed by atoms with E-state index >= 15 is 0 Å². The normalized spacial score (nSPS) is 14.3. The summed E-state index contributed by atoms with van der Waals surface area (Å²) in [5.74, 6) is -0.688. The molecule has 0 aliphatic carbocycles. The summed E-state index contributed by atoms with van der Waals surface area (Å²) in [5.41, 5.74) is 0.985. The molecule has 170 valence electrons. The minimum atomic E-state index is -0.789. The molecule has 0 spiro atoms. The lowest BCUT2D eigenvalue weighted by Crippen LogP contribution is -2.28. The molecule has 0 radical (unpaired) electrons. The maximum Gasteiger partial charge on any atom is 0.301 e. The molecule has 34 heavy (non-hydrogen) atoms. The number of benzene rings is 3. The zero-order chi connectivity index (χ0) is 24.4. The Bertz CT molecular complexity index is 1350. The van der Waals surface area contributed by atoms with E-state index in [0.717, 1.165) is 28.9 Å². The van der Waals surface area contributed by atoms with Crippen LogP contribution in [0.1, 0.15) is 5.56 Å². The molecule has 0 saturated heterocycles. The van der Waals surface area contributed by atoms with Crippen LogP contribution in [0.2, 0.25) is 0 Å². The molecule has 1 aliphatic heterocycles. The Morgan fingerprint density at radius 2 is 1.59 bits per heavy atom. The van der Waals surface area contributed by atoms with Crippen LogP contribution in [0.15, 0.2) is 82.9 Å². The van der Waals surface area contributed by atoms with Crippen LogP contribution in [-0.2, 0) is 4.79 Å². The Labute approximate surface area is 193 Å². The minimum absolute atomic E-state index is 0.00328. The standard InChI is InChI=1S/C23H18N6O5/c1-26(2)17-10-8-16(9-11-17)24-22-21(15-6-4-3-5-7-15)25-27(23(22)30)19-13-12-18(28(31)32)14-20(19)29(33)34/h3-14H,1-2H3. The molecule has 0 fully saturated rings. The number of nitro groups is 2. The van der Waals surface area contributed by atoms with Crippen LogP contribution >= 0.6 is 0 Å².